The topological polar surface area (TPSA) is 61.2 Å². The van der Waals surface area contributed by atoms with Gasteiger partial charge in [0.1, 0.15) is 17.8 Å². The van der Waals surface area contributed by atoms with Crippen LogP contribution in [0.1, 0.15) is 56.3 Å². The number of hydrogen-bond donors (Lipinski definition) is 1. The molecule has 4 atom stereocenters. The number of rotatable bonds is 3. The minimum atomic E-state index is -0.481. The van der Waals surface area contributed by atoms with Crippen LogP contribution in [0.5, 0.6) is 0 Å². The molecule has 6 nitrogen and oxygen atoms in total. The molecule has 0 radical (unpaired) electrons. The summed E-state index contributed by atoms with van der Waals surface area (Å²) in [6, 6.07) is 11.6. The third-order valence-corrected chi connectivity index (χ3v) is 7.03. The second-order valence-electron chi connectivity index (χ2n) is 9.37. The van der Waals surface area contributed by atoms with E-state index in [2.05, 4.69) is 56.4 Å². The fourth-order valence-electron chi connectivity index (χ4n) is 5.56. The lowest BCUT2D eigenvalue weighted by Gasteiger charge is -2.37. The maximum absolute atomic E-state index is 6.20. The summed E-state index contributed by atoms with van der Waals surface area (Å²) < 4.78 is 14.4. The van der Waals surface area contributed by atoms with Crippen LogP contribution in [0.2, 0.25) is 0 Å². The van der Waals surface area contributed by atoms with Gasteiger partial charge in [0.15, 0.2) is 5.79 Å². The molecule has 0 amide bonds. The summed E-state index contributed by atoms with van der Waals surface area (Å²) in [4.78, 5) is 9.25. The van der Waals surface area contributed by atoms with Gasteiger partial charge in [-0.2, -0.15) is 0 Å². The number of hydrogen-bond acceptors (Lipinski definition) is 5. The van der Waals surface area contributed by atoms with Gasteiger partial charge in [0, 0.05) is 18.2 Å². The Morgan fingerprint density at radius 2 is 2.03 bits per heavy atom. The summed E-state index contributed by atoms with van der Waals surface area (Å²) >= 11 is 0. The van der Waals surface area contributed by atoms with Crippen LogP contribution in [0.25, 0.3) is 11.0 Å². The second kappa shape index (κ2) is 6.79. The predicted molar refractivity (Wildman–Crippen MR) is 115 cm³/mol. The first kappa shape index (κ1) is 18.3. The van der Waals surface area contributed by atoms with Crippen LogP contribution in [0.15, 0.2) is 42.9 Å². The van der Waals surface area contributed by atoms with E-state index in [4.69, 9.17) is 9.47 Å². The maximum Gasteiger partial charge on any atom is 0.163 e. The Balaban J connectivity index is 1.27. The molecule has 3 aliphatic rings. The van der Waals surface area contributed by atoms with Gasteiger partial charge in [-0.05, 0) is 56.7 Å². The van der Waals surface area contributed by atoms with Crippen LogP contribution in [-0.4, -0.2) is 33.0 Å². The maximum atomic E-state index is 6.20. The summed E-state index contributed by atoms with van der Waals surface area (Å²) in [6.07, 6.45) is 8.40. The molecule has 156 valence electrons. The molecule has 2 fully saturated rings. The number of ether oxygens (including phenoxy) is 2. The van der Waals surface area contributed by atoms with E-state index in [0.717, 1.165) is 49.1 Å². The highest BCUT2D eigenvalue weighted by atomic mass is 16.7. The van der Waals surface area contributed by atoms with E-state index in [1.807, 2.05) is 13.8 Å². The van der Waals surface area contributed by atoms with Crippen LogP contribution in [0.4, 0.5) is 5.82 Å². The zero-order valence-corrected chi connectivity index (χ0v) is 17.5. The monoisotopic (exact) mass is 404 g/mol. The highest BCUT2D eigenvalue weighted by Gasteiger charge is 2.43. The van der Waals surface area contributed by atoms with Gasteiger partial charge in [-0.3, -0.25) is 0 Å². The Kier molecular flexibility index (Phi) is 4.15. The quantitative estimate of drug-likeness (QED) is 0.689. The lowest BCUT2D eigenvalue weighted by Crippen LogP contribution is -2.43. The zero-order chi connectivity index (χ0) is 20.3. The van der Waals surface area contributed by atoms with Crippen molar-refractivity contribution in [2.75, 3.05) is 11.9 Å². The normalized spacial score (nSPS) is 29.7. The number of benzene rings is 1. The van der Waals surface area contributed by atoms with Crippen molar-refractivity contribution in [3.05, 3.63) is 54.0 Å². The van der Waals surface area contributed by atoms with Crippen molar-refractivity contribution < 1.29 is 9.47 Å². The van der Waals surface area contributed by atoms with Crippen molar-refractivity contribution in [2.45, 2.75) is 63.5 Å². The van der Waals surface area contributed by atoms with Crippen molar-refractivity contribution in [3.63, 3.8) is 0 Å². The first-order valence-electron chi connectivity index (χ1n) is 11.0. The molecular formula is C24H28N4O2. The Morgan fingerprint density at radius 1 is 1.13 bits per heavy atom. The highest BCUT2D eigenvalue weighted by Crippen LogP contribution is 2.43. The number of nitrogens with zero attached hydrogens (tertiary/aromatic N) is 3. The fraction of sp³-hybridized carbons (Fsp3) is 0.500. The molecule has 2 aliphatic carbocycles. The minimum Gasteiger partial charge on any atom is -0.363 e. The van der Waals surface area contributed by atoms with E-state index in [-0.39, 0.29) is 6.10 Å². The van der Waals surface area contributed by atoms with Gasteiger partial charge in [0.05, 0.1) is 24.1 Å². The van der Waals surface area contributed by atoms with Crippen LogP contribution in [-0.2, 0) is 15.9 Å². The highest BCUT2D eigenvalue weighted by molar-refractivity contribution is 5.87. The van der Waals surface area contributed by atoms with Crippen molar-refractivity contribution in [3.8, 4) is 0 Å². The lowest BCUT2D eigenvalue weighted by molar-refractivity contribution is -0.286. The first-order chi connectivity index (χ1) is 14.6. The van der Waals surface area contributed by atoms with E-state index >= 15 is 0 Å². The number of nitrogens with one attached hydrogen (secondary N) is 1. The fourth-order valence-corrected chi connectivity index (χ4v) is 5.56. The molecule has 0 unspecified atom stereocenters. The predicted octanol–water partition coefficient (Wildman–Crippen LogP) is 4.63. The van der Waals surface area contributed by atoms with Crippen molar-refractivity contribution in [1.82, 2.24) is 14.5 Å². The zero-order valence-electron chi connectivity index (χ0n) is 17.5. The first-order valence-corrected chi connectivity index (χ1v) is 11.0. The molecule has 3 heterocycles. The molecule has 1 N–H and O–H groups in total. The van der Waals surface area contributed by atoms with Crippen LogP contribution in [0.3, 0.4) is 0 Å². The van der Waals surface area contributed by atoms with Gasteiger partial charge in [0.25, 0.3) is 0 Å². The summed E-state index contributed by atoms with van der Waals surface area (Å²) in [7, 11) is 0. The molecule has 1 aromatic carbocycles. The van der Waals surface area contributed by atoms with Crippen LogP contribution < -0.4 is 5.32 Å². The van der Waals surface area contributed by atoms with Gasteiger partial charge in [-0.15, -0.1) is 0 Å². The molecule has 6 heteroatoms. The molecule has 0 spiro atoms. The van der Waals surface area contributed by atoms with Crippen molar-refractivity contribution >= 4 is 16.9 Å². The standard InChI is InChI=1S/C24H28N4O2/c1-24(2)29-13-16-11-17(12-21(16)30-24)28-10-9-19-22(25-14-26-23(19)28)27-20-8-7-15-5-3-4-6-18(15)20/h3-6,9-10,14,16-17,20-21H,7-8,11-13H2,1-2H3,(H,25,26,27)/t16-,17+,20-,21-/m0/s1. The number of aryl methyl sites for hydroxylation is 1. The average Bonchev–Trinajstić information content (AvgIpc) is 3.44. The number of fused-ring (bicyclic) bond motifs is 3. The molecule has 3 aromatic rings. The number of aromatic nitrogens is 3. The van der Waals surface area contributed by atoms with E-state index in [1.165, 1.54) is 11.1 Å². The largest absolute Gasteiger partial charge is 0.363 e. The smallest absolute Gasteiger partial charge is 0.163 e. The Hall–Kier alpha value is -2.44. The third-order valence-electron chi connectivity index (χ3n) is 7.03. The second-order valence-corrected chi connectivity index (χ2v) is 9.37. The van der Waals surface area contributed by atoms with E-state index in [1.54, 1.807) is 6.33 Å². The SMILES string of the molecule is CC1(C)OC[C@@H]2C[C@@H](n3ccc4c(N[C@H]5CCc6ccccc65)ncnc43)C[C@@H]2O1. The molecule has 30 heavy (non-hydrogen) atoms. The van der Waals surface area contributed by atoms with Gasteiger partial charge in [0.2, 0.25) is 0 Å². The lowest BCUT2D eigenvalue weighted by atomic mass is 10.1. The summed E-state index contributed by atoms with van der Waals surface area (Å²) in [5.41, 5.74) is 3.84. The van der Waals surface area contributed by atoms with E-state index in [0.29, 0.717) is 18.0 Å². The Labute approximate surface area is 176 Å². The Morgan fingerprint density at radius 3 is 2.97 bits per heavy atom. The molecule has 1 aliphatic heterocycles. The van der Waals surface area contributed by atoms with E-state index < -0.39 is 5.79 Å². The molecular weight excluding hydrogens is 376 g/mol. The third kappa shape index (κ3) is 3.01. The van der Waals surface area contributed by atoms with Crippen molar-refractivity contribution in [1.29, 1.82) is 0 Å². The summed E-state index contributed by atoms with van der Waals surface area (Å²) in [5, 5.41) is 4.79. The van der Waals surface area contributed by atoms with E-state index in [9.17, 15) is 0 Å². The summed E-state index contributed by atoms with van der Waals surface area (Å²) in [6.45, 7) is 4.79. The molecule has 1 saturated carbocycles. The Bertz CT molecular complexity index is 1090. The van der Waals surface area contributed by atoms with Crippen molar-refractivity contribution in [2.24, 2.45) is 5.92 Å². The van der Waals surface area contributed by atoms with Gasteiger partial charge >= 0.3 is 0 Å². The van der Waals surface area contributed by atoms with Gasteiger partial charge < -0.3 is 19.4 Å². The minimum absolute atomic E-state index is 0.255. The van der Waals surface area contributed by atoms with Crippen LogP contribution in [0, 0.1) is 5.92 Å². The molecule has 2 aromatic heterocycles. The molecule has 1 saturated heterocycles. The summed E-state index contributed by atoms with van der Waals surface area (Å²) in [5.74, 6) is 0.900. The van der Waals surface area contributed by atoms with Crippen LogP contribution >= 0.6 is 0 Å². The average molecular weight is 405 g/mol. The number of anilines is 1. The molecule has 0 bridgehead atoms. The van der Waals surface area contributed by atoms with Gasteiger partial charge in [-0.1, -0.05) is 24.3 Å². The van der Waals surface area contributed by atoms with Gasteiger partial charge in [-0.25, -0.2) is 9.97 Å². The molecule has 6 rings (SSSR count).